The van der Waals surface area contributed by atoms with Crippen LogP contribution in [0.1, 0.15) is 5.56 Å². The van der Waals surface area contributed by atoms with Gasteiger partial charge in [-0.2, -0.15) is 0 Å². The summed E-state index contributed by atoms with van der Waals surface area (Å²) in [4.78, 5) is 17.3. The fourth-order valence-corrected chi connectivity index (χ4v) is 3.99. The molecule has 102 valence electrons. The predicted octanol–water partition coefficient (Wildman–Crippen LogP) is 4.92. The van der Waals surface area contributed by atoms with E-state index in [4.69, 9.17) is 11.6 Å². The van der Waals surface area contributed by atoms with Crippen molar-refractivity contribution < 1.29 is 0 Å². The van der Waals surface area contributed by atoms with Crippen molar-refractivity contribution in [1.29, 1.82) is 0 Å². The number of hydrogen-bond acceptors (Lipinski definition) is 3. The highest BCUT2D eigenvalue weighted by molar-refractivity contribution is 7.25. The normalized spacial score (nSPS) is 11.5. The third-order valence-electron chi connectivity index (χ3n) is 3.63. The van der Waals surface area contributed by atoms with Crippen LogP contribution in [0.2, 0.25) is 5.15 Å². The summed E-state index contributed by atoms with van der Waals surface area (Å²) in [5.74, 6) is 0. The van der Waals surface area contributed by atoms with E-state index in [1.807, 2.05) is 49.4 Å². The molecule has 0 aliphatic heterocycles. The molecule has 4 heteroatoms. The van der Waals surface area contributed by atoms with Gasteiger partial charge in [0.1, 0.15) is 5.15 Å². The van der Waals surface area contributed by atoms with E-state index in [1.165, 1.54) is 11.3 Å². The molecule has 0 aliphatic carbocycles. The quantitative estimate of drug-likeness (QED) is 0.262. The molecule has 4 rings (SSSR count). The third-order valence-corrected chi connectivity index (χ3v) is 5.19. The van der Waals surface area contributed by atoms with Crippen molar-refractivity contribution in [3.05, 3.63) is 63.4 Å². The summed E-state index contributed by atoms with van der Waals surface area (Å²) >= 11 is 7.82. The van der Waals surface area contributed by atoms with E-state index in [2.05, 4.69) is 4.98 Å². The number of halogens is 1. The van der Waals surface area contributed by atoms with Crippen LogP contribution in [0.3, 0.4) is 0 Å². The van der Waals surface area contributed by atoms with Crippen LogP contribution in [0.25, 0.3) is 31.1 Å². The molecule has 0 amide bonds. The Kier molecular flexibility index (Phi) is 2.74. The van der Waals surface area contributed by atoms with E-state index >= 15 is 0 Å². The molecule has 0 fully saturated rings. The van der Waals surface area contributed by atoms with Crippen molar-refractivity contribution in [2.24, 2.45) is 0 Å². The monoisotopic (exact) mass is 311 g/mol. The number of pyridine rings is 1. The molecule has 0 bridgehead atoms. The Bertz CT molecular complexity index is 1080. The van der Waals surface area contributed by atoms with Crippen molar-refractivity contribution >= 4 is 54.0 Å². The molecule has 0 saturated carbocycles. The maximum Gasteiger partial charge on any atom is 0.196 e. The number of fused-ring (bicyclic) bond motifs is 4. The number of nitrogens with zero attached hydrogens (tertiary/aromatic N) is 1. The molecule has 2 aromatic heterocycles. The lowest BCUT2D eigenvalue weighted by molar-refractivity contribution is 1.45. The summed E-state index contributed by atoms with van der Waals surface area (Å²) < 4.78 is 1.70. The topological polar surface area (TPSA) is 30.0 Å². The van der Waals surface area contributed by atoms with Crippen LogP contribution in [0, 0.1) is 6.92 Å². The van der Waals surface area contributed by atoms with Gasteiger partial charge in [0.05, 0.1) is 15.6 Å². The molecule has 0 atom stereocenters. The first-order valence-electron chi connectivity index (χ1n) is 6.56. The molecular weight excluding hydrogens is 302 g/mol. The van der Waals surface area contributed by atoms with Crippen molar-refractivity contribution in [2.45, 2.75) is 6.92 Å². The van der Waals surface area contributed by atoms with Crippen molar-refractivity contribution in [1.82, 2.24) is 4.98 Å². The van der Waals surface area contributed by atoms with Gasteiger partial charge in [-0.15, -0.1) is 11.3 Å². The predicted molar refractivity (Wildman–Crippen MR) is 90.6 cm³/mol. The molecule has 2 heterocycles. The van der Waals surface area contributed by atoms with E-state index in [-0.39, 0.29) is 5.43 Å². The van der Waals surface area contributed by atoms with Crippen LogP contribution < -0.4 is 5.43 Å². The van der Waals surface area contributed by atoms with Crippen LogP contribution in [-0.2, 0) is 0 Å². The first-order chi connectivity index (χ1) is 10.1. The molecule has 2 aromatic carbocycles. The van der Waals surface area contributed by atoms with Crippen molar-refractivity contribution in [3.8, 4) is 0 Å². The summed E-state index contributed by atoms with van der Waals surface area (Å²) in [6, 6.07) is 13.5. The average Bonchev–Trinajstić information content (AvgIpc) is 2.48. The Hall–Kier alpha value is -1.97. The minimum absolute atomic E-state index is 0.0305. The van der Waals surface area contributed by atoms with Gasteiger partial charge < -0.3 is 0 Å². The van der Waals surface area contributed by atoms with Gasteiger partial charge >= 0.3 is 0 Å². The zero-order valence-corrected chi connectivity index (χ0v) is 12.8. The third kappa shape index (κ3) is 1.85. The molecule has 0 saturated heterocycles. The van der Waals surface area contributed by atoms with Gasteiger partial charge in [0, 0.05) is 15.5 Å². The first kappa shape index (κ1) is 12.7. The van der Waals surface area contributed by atoms with E-state index in [0.29, 0.717) is 10.5 Å². The van der Waals surface area contributed by atoms with Gasteiger partial charge in [0.2, 0.25) is 0 Å². The fraction of sp³-hybridized carbons (Fsp3) is 0.0588. The highest BCUT2D eigenvalue weighted by Gasteiger charge is 2.13. The minimum Gasteiger partial charge on any atom is -0.288 e. The standard InChI is InChI=1S/C17H10ClNOS/c1-9-6-7-13-11(8-9)15(20)14-10-4-2-3-5-12(10)19-17(18)16(14)21-13/h2-8H,1H3. The lowest BCUT2D eigenvalue weighted by atomic mass is 10.1. The van der Waals surface area contributed by atoms with Crippen molar-refractivity contribution in [3.63, 3.8) is 0 Å². The van der Waals surface area contributed by atoms with Gasteiger partial charge in [-0.25, -0.2) is 4.98 Å². The Morgan fingerprint density at radius 2 is 1.90 bits per heavy atom. The highest BCUT2D eigenvalue weighted by atomic mass is 35.5. The summed E-state index contributed by atoms with van der Waals surface area (Å²) in [5.41, 5.74) is 1.87. The van der Waals surface area contributed by atoms with Gasteiger partial charge in [0.25, 0.3) is 0 Å². The summed E-state index contributed by atoms with van der Waals surface area (Å²) in [6.45, 7) is 1.99. The van der Waals surface area contributed by atoms with E-state index in [0.717, 1.165) is 31.3 Å². The molecule has 0 aliphatic rings. The van der Waals surface area contributed by atoms with Crippen LogP contribution >= 0.6 is 22.9 Å². The summed E-state index contributed by atoms with van der Waals surface area (Å²) in [7, 11) is 0. The molecule has 2 nitrogen and oxygen atoms in total. The molecule has 21 heavy (non-hydrogen) atoms. The van der Waals surface area contributed by atoms with Crippen LogP contribution in [0.4, 0.5) is 0 Å². The molecule has 0 N–H and O–H groups in total. The highest BCUT2D eigenvalue weighted by Crippen LogP contribution is 2.33. The Morgan fingerprint density at radius 1 is 1.10 bits per heavy atom. The van der Waals surface area contributed by atoms with Gasteiger partial charge in [-0.3, -0.25) is 4.79 Å². The van der Waals surface area contributed by atoms with Gasteiger partial charge in [0.15, 0.2) is 5.43 Å². The second kappa shape index (κ2) is 4.52. The van der Waals surface area contributed by atoms with Crippen molar-refractivity contribution in [2.75, 3.05) is 0 Å². The van der Waals surface area contributed by atoms with Crippen LogP contribution in [0.15, 0.2) is 47.3 Å². The van der Waals surface area contributed by atoms with Gasteiger partial charge in [-0.1, -0.05) is 41.4 Å². The molecule has 0 radical (unpaired) electrons. The zero-order valence-electron chi connectivity index (χ0n) is 11.2. The minimum atomic E-state index is 0.0305. The summed E-state index contributed by atoms with van der Waals surface area (Å²) in [5, 5.41) is 2.68. The van der Waals surface area contributed by atoms with E-state index in [9.17, 15) is 4.79 Å². The maximum absolute atomic E-state index is 12.9. The number of rotatable bonds is 0. The SMILES string of the molecule is Cc1ccc2sc3c(Cl)nc4ccccc4c3c(=O)c2c1. The Labute approximate surface area is 129 Å². The lowest BCUT2D eigenvalue weighted by Gasteiger charge is -2.06. The van der Waals surface area contributed by atoms with Gasteiger partial charge in [-0.05, 0) is 25.1 Å². The lowest BCUT2D eigenvalue weighted by Crippen LogP contribution is -2.03. The smallest absolute Gasteiger partial charge is 0.196 e. The molecule has 0 unspecified atom stereocenters. The zero-order chi connectivity index (χ0) is 14.6. The Morgan fingerprint density at radius 3 is 2.76 bits per heavy atom. The fourth-order valence-electron chi connectivity index (χ4n) is 2.64. The maximum atomic E-state index is 12.9. The summed E-state index contributed by atoms with van der Waals surface area (Å²) in [6.07, 6.45) is 0. The number of aryl methyl sites for hydroxylation is 1. The molecule has 4 aromatic rings. The number of benzene rings is 2. The van der Waals surface area contributed by atoms with Crippen LogP contribution in [0.5, 0.6) is 0 Å². The number of para-hydroxylation sites is 1. The van der Waals surface area contributed by atoms with Crippen LogP contribution in [-0.4, -0.2) is 4.98 Å². The van der Waals surface area contributed by atoms with E-state index in [1.54, 1.807) is 0 Å². The number of hydrogen-bond donors (Lipinski definition) is 0. The average molecular weight is 312 g/mol. The molecular formula is C17H10ClNOS. The van der Waals surface area contributed by atoms with E-state index < -0.39 is 0 Å². The Balaban J connectivity index is 2.37. The number of aromatic nitrogens is 1. The second-order valence-electron chi connectivity index (χ2n) is 5.05. The second-order valence-corrected chi connectivity index (χ2v) is 6.46. The first-order valence-corrected chi connectivity index (χ1v) is 7.76. The largest absolute Gasteiger partial charge is 0.288 e. The molecule has 0 spiro atoms.